The topological polar surface area (TPSA) is 28.2 Å². The van der Waals surface area contributed by atoms with E-state index in [1.54, 1.807) is 23.2 Å². The summed E-state index contributed by atoms with van der Waals surface area (Å²) in [6.45, 7) is 3.82. The summed E-state index contributed by atoms with van der Waals surface area (Å²) in [6.07, 6.45) is 2.37. The molecule has 0 bridgehead atoms. The fraction of sp³-hybridized carbons (Fsp3) is 0.312. The van der Waals surface area contributed by atoms with E-state index in [1.165, 1.54) is 12.1 Å². The van der Waals surface area contributed by atoms with Crippen molar-refractivity contribution in [3.63, 3.8) is 0 Å². The number of anilines is 2. The molecular formula is C16H17F2N3. The van der Waals surface area contributed by atoms with Gasteiger partial charge in [-0.3, -0.25) is 0 Å². The van der Waals surface area contributed by atoms with Crippen molar-refractivity contribution in [2.24, 2.45) is 0 Å². The van der Waals surface area contributed by atoms with Crippen LogP contribution in [0.1, 0.15) is 18.1 Å². The predicted octanol–water partition coefficient (Wildman–Crippen LogP) is 3.16. The largest absolute Gasteiger partial charge is 0.323 e. The fourth-order valence-electron chi connectivity index (χ4n) is 2.63. The number of aromatic nitrogens is 1. The molecule has 1 aliphatic rings. The van der Waals surface area contributed by atoms with E-state index in [-0.39, 0.29) is 17.5 Å². The molecule has 0 saturated heterocycles. The van der Waals surface area contributed by atoms with Crippen molar-refractivity contribution in [3.05, 3.63) is 53.2 Å². The second-order valence-electron chi connectivity index (χ2n) is 5.06. The zero-order valence-electron chi connectivity index (χ0n) is 11.9. The van der Waals surface area contributed by atoms with Gasteiger partial charge in [0.1, 0.15) is 5.82 Å². The van der Waals surface area contributed by atoms with Crippen LogP contribution in [-0.2, 0) is 13.0 Å². The van der Waals surface area contributed by atoms with E-state index < -0.39 is 0 Å². The van der Waals surface area contributed by atoms with Crippen LogP contribution in [0.4, 0.5) is 20.3 Å². The third kappa shape index (κ3) is 2.61. The monoisotopic (exact) mass is 289 g/mol. The average molecular weight is 289 g/mol. The lowest BCUT2D eigenvalue weighted by atomic mass is 10.1. The number of nitrogens with one attached hydrogen (secondary N) is 1. The Bertz CT molecular complexity index is 658. The van der Waals surface area contributed by atoms with Crippen LogP contribution < -0.4 is 10.2 Å². The Morgan fingerprint density at radius 2 is 2.14 bits per heavy atom. The molecule has 110 valence electrons. The summed E-state index contributed by atoms with van der Waals surface area (Å²) in [5, 5.41) is 3.11. The number of halogens is 2. The Kier molecular flexibility index (Phi) is 3.84. The number of benzene rings is 1. The van der Waals surface area contributed by atoms with E-state index in [2.05, 4.69) is 10.3 Å². The van der Waals surface area contributed by atoms with Gasteiger partial charge in [-0.1, -0.05) is 13.0 Å². The Labute approximate surface area is 122 Å². The second kappa shape index (κ2) is 5.77. The highest BCUT2D eigenvalue weighted by Gasteiger charge is 2.25. The van der Waals surface area contributed by atoms with Gasteiger partial charge in [0.2, 0.25) is 0 Å². The molecule has 0 spiro atoms. The molecule has 3 rings (SSSR count). The van der Waals surface area contributed by atoms with E-state index in [0.29, 0.717) is 24.3 Å². The first-order valence-corrected chi connectivity index (χ1v) is 7.10. The van der Waals surface area contributed by atoms with E-state index in [9.17, 15) is 8.78 Å². The van der Waals surface area contributed by atoms with Crippen molar-refractivity contribution in [2.75, 3.05) is 18.0 Å². The van der Waals surface area contributed by atoms with Gasteiger partial charge in [-0.15, -0.1) is 0 Å². The standard InChI is InChI=1S/C16H17F2N3/c1-2-19-10-12-5-7-20-16(15(12)18)21-8-6-11-3-4-13(17)9-14(11)21/h3-5,7,9,19H,2,6,8,10H2,1H3. The molecule has 1 aromatic heterocycles. The second-order valence-corrected chi connectivity index (χ2v) is 5.06. The minimum Gasteiger partial charge on any atom is -0.323 e. The lowest BCUT2D eigenvalue weighted by molar-refractivity contribution is 0.586. The molecule has 21 heavy (non-hydrogen) atoms. The van der Waals surface area contributed by atoms with Crippen molar-refractivity contribution < 1.29 is 8.78 Å². The molecule has 5 heteroatoms. The highest BCUT2D eigenvalue weighted by atomic mass is 19.1. The lowest BCUT2D eigenvalue weighted by Crippen LogP contribution is -2.19. The van der Waals surface area contributed by atoms with Crippen molar-refractivity contribution in [1.29, 1.82) is 0 Å². The number of nitrogens with zero attached hydrogens (tertiary/aromatic N) is 2. The molecule has 2 heterocycles. The number of rotatable bonds is 4. The molecule has 0 unspecified atom stereocenters. The number of fused-ring (bicyclic) bond motifs is 1. The Morgan fingerprint density at radius 1 is 1.29 bits per heavy atom. The maximum absolute atomic E-state index is 14.6. The maximum Gasteiger partial charge on any atom is 0.170 e. The van der Waals surface area contributed by atoms with Gasteiger partial charge >= 0.3 is 0 Å². The molecule has 1 aromatic carbocycles. The lowest BCUT2D eigenvalue weighted by Gasteiger charge is -2.20. The van der Waals surface area contributed by atoms with Gasteiger partial charge in [-0.05, 0) is 36.7 Å². The van der Waals surface area contributed by atoms with Crippen LogP contribution in [0.2, 0.25) is 0 Å². The Balaban J connectivity index is 1.98. The molecule has 2 aromatic rings. The zero-order valence-corrected chi connectivity index (χ0v) is 11.9. The van der Waals surface area contributed by atoms with Crippen molar-refractivity contribution in [3.8, 4) is 0 Å². The van der Waals surface area contributed by atoms with Gasteiger partial charge in [-0.25, -0.2) is 13.8 Å². The first-order chi connectivity index (χ1) is 10.2. The van der Waals surface area contributed by atoms with Crippen LogP contribution in [0.5, 0.6) is 0 Å². The highest BCUT2D eigenvalue weighted by Crippen LogP contribution is 2.35. The predicted molar refractivity (Wildman–Crippen MR) is 78.7 cm³/mol. The van der Waals surface area contributed by atoms with Crippen LogP contribution in [0, 0.1) is 11.6 Å². The van der Waals surface area contributed by atoms with Gasteiger partial charge in [0, 0.05) is 30.5 Å². The van der Waals surface area contributed by atoms with Gasteiger partial charge in [-0.2, -0.15) is 0 Å². The van der Waals surface area contributed by atoms with E-state index in [1.807, 2.05) is 6.92 Å². The van der Waals surface area contributed by atoms with Gasteiger partial charge in [0.15, 0.2) is 11.6 Å². The average Bonchev–Trinajstić information content (AvgIpc) is 2.89. The van der Waals surface area contributed by atoms with Crippen LogP contribution in [-0.4, -0.2) is 18.1 Å². The third-order valence-corrected chi connectivity index (χ3v) is 3.71. The summed E-state index contributed by atoms with van der Waals surface area (Å²) in [5.74, 6) is -0.379. The van der Waals surface area contributed by atoms with Gasteiger partial charge in [0.25, 0.3) is 0 Å². The van der Waals surface area contributed by atoms with Crippen LogP contribution in [0.15, 0.2) is 30.5 Å². The fourth-order valence-corrected chi connectivity index (χ4v) is 2.63. The van der Waals surface area contributed by atoms with Gasteiger partial charge < -0.3 is 10.2 Å². The summed E-state index contributed by atoms with van der Waals surface area (Å²) in [7, 11) is 0. The zero-order chi connectivity index (χ0) is 14.8. The van der Waals surface area contributed by atoms with Crippen LogP contribution >= 0.6 is 0 Å². The number of hydrogen-bond acceptors (Lipinski definition) is 3. The molecule has 1 aliphatic heterocycles. The Morgan fingerprint density at radius 3 is 2.95 bits per heavy atom. The first-order valence-electron chi connectivity index (χ1n) is 7.10. The quantitative estimate of drug-likeness (QED) is 0.937. The number of pyridine rings is 1. The maximum atomic E-state index is 14.6. The SMILES string of the molecule is CCNCc1ccnc(N2CCc3ccc(F)cc32)c1F. The summed E-state index contributed by atoms with van der Waals surface area (Å²) in [4.78, 5) is 5.91. The molecule has 1 N–H and O–H groups in total. The normalized spacial score (nSPS) is 13.6. The number of hydrogen-bond donors (Lipinski definition) is 1. The molecule has 0 saturated carbocycles. The van der Waals surface area contributed by atoms with Crippen LogP contribution in [0.3, 0.4) is 0 Å². The molecule has 0 amide bonds. The van der Waals surface area contributed by atoms with Crippen molar-refractivity contribution in [2.45, 2.75) is 19.9 Å². The van der Waals surface area contributed by atoms with Crippen molar-refractivity contribution >= 4 is 11.5 Å². The Hall–Kier alpha value is -2.01. The summed E-state index contributed by atoms with van der Waals surface area (Å²) >= 11 is 0. The minimum absolute atomic E-state index is 0.273. The molecule has 0 aliphatic carbocycles. The van der Waals surface area contributed by atoms with E-state index in [0.717, 1.165) is 18.5 Å². The minimum atomic E-state index is -0.337. The highest BCUT2D eigenvalue weighted by molar-refractivity contribution is 5.68. The molecule has 3 nitrogen and oxygen atoms in total. The van der Waals surface area contributed by atoms with E-state index >= 15 is 0 Å². The first kappa shape index (κ1) is 13.9. The van der Waals surface area contributed by atoms with Gasteiger partial charge in [0.05, 0.1) is 0 Å². The van der Waals surface area contributed by atoms with Crippen molar-refractivity contribution in [1.82, 2.24) is 10.3 Å². The smallest absolute Gasteiger partial charge is 0.170 e. The molecular weight excluding hydrogens is 272 g/mol. The summed E-state index contributed by atoms with van der Waals surface area (Å²) < 4.78 is 28.1. The molecule has 0 radical (unpaired) electrons. The molecule has 0 atom stereocenters. The van der Waals surface area contributed by atoms with E-state index in [4.69, 9.17) is 0 Å². The summed E-state index contributed by atoms with van der Waals surface area (Å²) in [6, 6.07) is 6.31. The third-order valence-electron chi connectivity index (χ3n) is 3.71. The summed E-state index contributed by atoms with van der Waals surface area (Å²) in [5.41, 5.74) is 2.31. The van der Waals surface area contributed by atoms with Crippen LogP contribution in [0.25, 0.3) is 0 Å². The molecule has 0 fully saturated rings.